The van der Waals surface area contributed by atoms with Gasteiger partial charge in [-0.1, -0.05) is 74.0 Å². The Hall–Kier alpha value is 1.28. The second kappa shape index (κ2) is 19.1. The summed E-state index contributed by atoms with van der Waals surface area (Å²) in [6.45, 7) is 7.38. The normalized spacial score (nSPS) is 12.0. The highest BCUT2D eigenvalue weighted by molar-refractivity contribution is 9.09. The van der Waals surface area contributed by atoms with Gasteiger partial charge in [0.15, 0.2) is 0 Å². The Kier molecular flexibility index (Phi) is 20.1. The van der Waals surface area contributed by atoms with Crippen molar-refractivity contribution in [3.63, 3.8) is 0 Å². The van der Waals surface area contributed by atoms with Crippen LogP contribution in [0, 0.1) is 5.41 Å². The second-order valence-electron chi connectivity index (χ2n) is 5.84. The van der Waals surface area contributed by atoms with E-state index in [2.05, 4.69) is 54.7 Å². The van der Waals surface area contributed by atoms with E-state index >= 15 is 0 Å². The van der Waals surface area contributed by atoms with Gasteiger partial charge in [0.05, 0.1) is 51.7 Å². The summed E-state index contributed by atoms with van der Waals surface area (Å²) in [5.74, 6) is 0. The first-order valence-electron chi connectivity index (χ1n) is 8.73. The summed E-state index contributed by atoms with van der Waals surface area (Å²) < 4.78 is 23.3. The molecular formula is C17H33Br3O4. The van der Waals surface area contributed by atoms with Gasteiger partial charge in [-0.15, -0.1) is 0 Å². The molecule has 4 nitrogen and oxygen atoms in total. The zero-order valence-electron chi connectivity index (χ0n) is 14.9. The Bertz CT molecular complexity index is 231. The van der Waals surface area contributed by atoms with Gasteiger partial charge in [0, 0.05) is 22.6 Å². The minimum atomic E-state index is -0.253. The lowest BCUT2D eigenvalue weighted by Crippen LogP contribution is -2.42. The topological polar surface area (TPSA) is 36.9 Å². The molecular weight excluding hydrogens is 508 g/mol. The van der Waals surface area contributed by atoms with Crippen molar-refractivity contribution in [1.82, 2.24) is 0 Å². The zero-order chi connectivity index (χ0) is 17.9. The van der Waals surface area contributed by atoms with Crippen LogP contribution >= 0.6 is 47.8 Å². The Morgan fingerprint density at radius 3 is 1.38 bits per heavy atom. The minimum absolute atomic E-state index is 0.253. The van der Waals surface area contributed by atoms with Gasteiger partial charge < -0.3 is 18.9 Å². The Morgan fingerprint density at radius 1 is 0.583 bits per heavy atom. The fourth-order valence-corrected chi connectivity index (χ4v) is 2.89. The molecule has 0 aromatic rings. The summed E-state index contributed by atoms with van der Waals surface area (Å²) in [5.41, 5.74) is -0.253. The molecule has 0 aliphatic heterocycles. The third-order valence-electron chi connectivity index (χ3n) is 3.44. The molecule has 0 amide bonds. The van der Waals surface area contributed by atoms with Crippen molar-refractivity contribution in [2.75, 3.05) is 68.8 Å². The molecule has 0 aromatic carbocycles. The fourth-order valence-electron chi connectivity index (χ4n) is 2.20. The highest BCUT2D eigenvalue weighted by atomic mass is 79.9. The summed E-state index contributed by atoms with van der Waals surface area (Å²) in [5, 5.41) is 2.47. The molecule has 0 saturated carbocycles. The molecule has 24 heavy (non-hydrogen) atoms. The SMILES string of the molecule is CCCCCCOCC(COCCBr)(COCCBr)COCCBr. The number of alkyl halides is 3. The maximum absolute atomic E-state index is 5.96. The average Bonchev–Trinajstić information content (AvgIpc) is 2.58. The molecule has 0 unspecified atom stereocenters. The van der Waals surface area contributed by atoms with E-state index in [1.165, 1.54) is 19.3 Å². The lowest BCUT2D eigenvalue weighted by Gasteiger charge is -2.33. The van der Waals surface area contributed by atoms with Crippen LogP contribution in [0.25, 0.3) is 0 Å². The number of ether oxygens (including phenoxy) is 4. The van der Waals surface area contributed by atoms with Crippen LogP contribution in [0.3, 0.4) is 0 Å². The summed E-state index contributed by atoms with van der Waals surface area (Å²) in [7, 11) is 0. The molecule has 0 fully saturated rings. The maximum Gasteiger partial charge on any atom is 0.0637 e. The van der Waals surface area contributed by atoms with Gasteiger partial charge >= 0.3 is 0 Å². The summed E-state index contributed by atoms with van der Waals surface area (Å²) in [4.78, 5) is 0. The van der Waals surface area contributed by atoms with E-state index in [4.69, 9.17) is 18.9 Å². The summed E-state index contributed by atoms with van der Waals surface area (Å²) in [6, 6.07) is 0. The standard InChI is InChI=1S/C17H33Br3O4/c1-2-3-4-5-9-21-13-17(14-22-10-6-18,15-23-11-7-19)16-24-12-8-20/h2-16H2,1H3. The van der Waals surface area contributed by atoms with Crippen LogP contribution in [-0.4, -0.2) is 68.8 Å². The van der Waals surface area contributed by atoms with Gasteiger partial charge in [0.25, 0.3) is 0 Å². The highest BCUT2D eigenvalue weighted by Crippen LogP contribution is 2.21. The lowest BCUT2D eigenvalue weighted by molar-refractivity contribution is -0.102. The first-order valence-corrected chi connectivity index (χ1v) is 12.1. The third kappa shape index (κ3) is 14.4. The van der Waals surface area contributed by atoms with E-state index in [9.17, 15) is 0 Å². The first-order chi connectivity index (χ1) is 11.7. The molecule has 0 saturated heterocycles. The van der Waals surface area contributed by atoms with Gasteiger partial charge in [0.2, 0.25) is 0 Å². The van der Waals surface area contributed by atoms with Crippen molar-refractivity contribution in [2.45, 2.75) is 32.6 Å². The molecule has 0 atom stereocenters. The van der Waals surface area contributed by atoms with Crippen molar-refractivity contribution in [1.29, 1.82) is 0 Å². The van der Waals surface area contributed by atoms with E-state index in [-0.39, 0.29) is 5.41 Å². The molecule has 0 aromatic heterocycles. The maximum atomic E-state index is 5.96. The van der Waals surface area contributed by atoms with Crippen molar-refractivity contribution < 1.29 is 18.9 Å². The Morgan fingerprint density at radius 2 is 1.00 bits per heavy atom. The second-order valence-corrected chi connectivity index (χ2v) is 8.22. The molecule has 0 heterocycles. The number of hydrogen-bond donors (Lipinski definition) is 0. The van der Waals surface area contributed by atoms with Gasteiger partial charge in [0.1, 0.15) is 0 Å². The molecule has 146 valence electrons. The van der Waals surface area contributed by atoms with Crippen molar-refractivity contribution in [3.05, 3.63) is 0 Å². The molecule has 7 heteroatoms. The van der Waals surface area contributed by atoms with Gasteiger partial charge in [-0.05, 0) is 6.42 Å². The number of hydrogen-bond acceptors (Lipinski definition) is 4. The first kappa shape index (κ1) is 25.3. The molecule has 0 spiro atoms. The molecule has 0 aliphatic carbocycles. The van der Waals surface area contributed by atoms with E-state index in [0.717, 1.165) is 29.0 Å². The van der Waals surface area contributed by atoms with E-state index < -0.39 is 0 Å². The van der Waals surface area contributed by atoms with Crippen LogP contribution in [0.2, 0.25) is 0 Å². The Labute approximate surface area is 173 Å². The highest BCUT2D eigenvalue weighted by Gasteiger charge is 2.32. The molecule has 0 N–H and O–H groups in total. The van der Waals surface area contributed by atoms with E-state index in [0.29, 0.717) is 46.2 Å². The quantitative estimate of drug-likeness (QED) is 0.174. The van der Waals surface area contributed by atoms with Crippen LogP contribution in [0.1, 0.15) is 32.6 Å². The van der Waals surface area contributed by atoms with Crippen LogP contribution in [0.5, 0.6) is 0 Å². The molecule has 0 rings (SSSR count). The third-order valence-corrected chi connectivity index (χ3v) is 4.41. The summed E-state index contributed by atoms with van der Waals surface area (Å²) >= 11 is 10.2. The van der Waals surface area contributed by atoms with Crippen LogP contribution in [0.15, 0.2) is 0 Å². The smallest absolute Gasteiger partial charge is 0.0637 e. The van der Waals surface area contributed by atoms with E-state index in [1.807, 2.05) is 0 Å². The lowest BCUT2D eigenvalue weighted by atomic mass is 9.92. The monoisotopic (exact) mass is 538 g/mol. The van der Waals surface area contributed by atoms with Crippen molar-refractivity contribution >= 4 is 47.8 Å². The van der Waals surface area contributed by atoms with Crippen LogP contribution < -0.4 is 0 Å². The number of rotatable bonds is 19. The fraction of sp³-hybridized carbons (Fsp3) is 1.00. The van der Waals surface area contributed by atoms with Gasteiger partial charge in [-0.25, -0.2) is 0 Å². The molecule has 0 aliphatic rings. The number of halogens is 3. The molecule has 0 radical (unpaired) electrons. The van der Waals surface area contributed by atoms with Gasteiger partial charge in [-0.2, -0.15) is 0 Å². The Balaban J connectivity index is 4.48. The predicted molar refractivity (Wildman–Crippen MR) is 111 cm³/mol. The summed E-state index contributed by atoms with van der Waals surface area (Å²) in [6.07, 6.45) is 4.84. The zero-order valence-corrected chi connectivity index (χ0v) is 19.6. The largest absolute Gasteiger partial charge is 0.381 e. The van der Waals surface area contributed by atoms with E-state index in [1.54, 1.807) is 0 Å². The predicted octanol–water partition coefficient (Wildman–Crippen LogP) is 4.80. The molecule has 0 bridgehead atoms. The average molecular weight is 541 g/mol. The van der Waals surface area contributed by atoms with Gasteiger partial charge in [-0.3, -0.25) is 0 Å². The van der Waals surface area contributed by atoms with Crippen molar-refractivity contribution in [3.8, 4) is 0 Å². The van der Waals surface area contributed by atoms with Crippen LogP contribution in [-0.2, 0) is 18.9 Å². The van der Waals surface area contributed by atoms with Crippen LogP contribution in [0.4, 0.5) is 0 Å². The minimum Gasteiger partial charge on any atom is -0.381 e. The number of unbranched alkanes of at least 4 members (excludes halogenated alkanes) is 3. The van der Waals surface area contributed by atoms with Crippen molar-refractivity contribution in [2.24, 2.45) is 5.41 Å².